The monoisotopic (exact) mass is 340 g/mol. The Balaban J connectivity index is 2.49. The molecule has 1 amide bonds. The number of ether oxygens (including phenoxy) is 1. The van der Waals surface area contributed by atoms with Gasteiger partial charge >= 0.3 is 0 Å². The lowest BCUT2D eigenvalue weighted by Crippen LogP contribution is -2.42. The lowest BCUT2D eigenvalue weighted by molar-refractivity contribution is -0.133. The first-order valence-electron chi connectivity index (χ1n) is 6.97. The van der Waals surface area contributed by atoms with E-state index < -0.39 is 0 Å². The predicted molar refractivity (Wildman–Crippen MR) is 82.6 cm³/mol. The first-order valence-corrected chi connectivity index (χ1v) is 7.76. The maximum absolute atomic E-state index is 12.3. The van der Waals surface area contributed by atoms with Gasteiger partial charge in [-0.1, -0.05) is 15.9 Å². The van der Waals surface area contributed by atoms with Crippen LogP contribution in [0.2, 0.25) is 0 Å². The van der Waals surface area contributed by atoms with Crippen LogP contribution in [0.25, 0.3) is 0 Å². The third-order valence-corrected chi connectivity index (χ3v) is 4.33. The summed E-state index contributed by atoms with van der Waals surface area (Å²) in [4.78, 5) is 14.2. The highest BCUT2D eigenvalue weighted by molar-refractivity contribution is 9.10. The maximum Gasteiger partial charge on any atom is 0.223 e. The Morgan fingerprint density at radius 3 is 2.90 bits per heavy atom. The van der Waals surface area contributed by atoms with Crippen molar-refractivity contribution in [3.8, 4) is 5.75 Å². The molecule has 1 aromatic rings. The third-order valence-electron chi connectivity index (χ3n) is 3.84. The summed E-state index contributed by atoms with van der Waals surface area (Å²) in [5.74, 6) is 0.953. The Labute approximate surface area is 128 Å². The average Bonchev–Trinajstić information content (AvgIpc) is 2.57. The molecule has 1 aromatic carbocycles. The smallest absolute Gasteiger partial charge is 0.223 e. The number of hydrogen-bond donors (Lipinski definition) is 1. The second-order valence-corrected chi connectivity index (χ2v) is 5.98. The second kappa shape index (κ2) is 6.59. The summed E-state index contributed by atoms with van der Waals surface area (Å²) >= 11 is 3.49. The largest absolute Gasteiger partial charge is 0.496 e. The highest BCUT2D eigenvalue weighted by atomic mass is 79.9. The number of rotatable bonds is 3. The molecule has 1 aliphatic heterocycles. The zero-order valence-corrected chi connectivity index (χ0v) is 13.5. The highest BCUT2D eigenvalue weighted by Gasteiger charge is 2.33. The van der Waals surface area contributed by atoms with E-state index in [1.54, 1.807) is 7.11 Å². The van der Waals surface area contributed by atoms with Crippen LogP contribution in [0.15, 0.2) is 22.7 Å². The van der Waals surface area contributed by atoms with Gasteiger partial charge in [-0.15, -0.1) is 0 Å². The number of likely N-dealkylation sites (N-methyl/N-ethyl adjacent to an activating group) is 1. The van der Waals surface area contributed by atoms with Crippen molar-refractivity contribution in [2.24, 2.45) is 5.73 Å². The van der Waals surface area contributed by atoms with Gasteiger partial charge in [0.1, 0.15) is 5.75 Å². The van der Waals surface area contributed by atoms with Crippen molar-refractivity contribution in [3.63, 3.8) is 0 Å². The third kappa shape index (κ3) is 2.99. The zero-order chi connectivity index (χ0) is 14.7. The summed E-state index contributed by atoms with van der Waals surface area (Å²) in [6, 6.07) is 5.66. The van der Waals surface area contributed by atoms with E-state index in [0.29, 0.717) is 13.0 Å². The summed E-state index contributed by atoms with van der Waals surface area (Å²) in [6.45, 7) is 2.65. The van der Waals surface area contributed by atoms with Gasteiger partial charge < -0.3 is 15.4 Å². The van der Waals surface area contributed by atoms with Gasteiger partial charge in [-0.2, -0.15) is 0 Å². The van der Waals surface area contributed by atoms with Gasteiger partial charge in [0.25, 0.3) is 0 Å². The normalized spacial score (nSPS) is 23.6. The molecule has 1 saturated heterocycles. The zero-order valence-electron chi connectivity index (χ0n) is 11.9. The number of amides is 1. The number of halogens is 1. The van der Waals surface area contributed by atoms with Gasteiger partial charge in [0.2, 0.25) is 5.91 Å². The fraction of sp³-hybridized carbons (Fsp3) is 0.533. The van der Waals surface area contributed by atoms with Crippen LogP contribution in [0.3, 0.4) is 0 Å². The molecule has 0 bridgehead atoms. The van der Waals surface area contributed by atoms with Crippen LogP contribution in [0.1, 0.15) is 37.8 Å². The molecular formula is C15H21BrN2O2. The molecule has 1 fully saturated rings. The van der Waals surface area contributed by atoms with E-state index in [0.717, 1.165) is 28.6 Å². The van der Waals surface area contributed by atoms with Gasteiger partial charge in [0.05, 0.1) is 13.2 Å². The molecule has 4 nitrogen and oxygen atoms in total. The van der Waals surface area contributed by atoms with Crippen LogP contribution < -0.4 is 10.5 Å². The van der Waals surface area contributed by atoms with E-state index in [2.05, 4.69) is 15.9 Å². The molecule has 2 rings (SSSR count). The Morgan fingerprint density at radius 2 is 2.25 bits per heavy atom. The van der Waals surface area contributed by atoms with Crippen LogP contribution in [-0.2, 0) is 4.79 Å². The average molecular weight is 341 g/mol. The fourth-order valence-corrected chi connectivity index (χ4v) is 3.26. The summed E-state index contributed by atoms with van der Waals surface area (Å²) in [5, 5.41) is 0. The number of benzene rings is 1. The van der Waals surface area contributed by atoms with Crippen molar-refractivity contribution in [1.82, 2.24) is 4.90 Å². The predicted octanol–water partition coefficient (Wildman–Crippen LogP) is 2.86. The second-order valence-electron chi connectivity index (χ2n) is 5.07. The number of carbonyl (C=O) groups is 1. The minimum absolute atomic E-state index is 0.0652. The molecule has 0 aromatic heterocycles. The molecular weight excluding hydrogens is 320 g/mol. The van der Waals surface area contributed by atoms with Crippen molar-refractivity contribution in [3.05, 3.63) is 28.2 Å². The topological polar surface area (TPSA) is 55.6 Å². The van der Waals surface area contributed by atoms with Gasteiger partial charge in [-0.25, -0.2) is 0 Å². The molecule has 110 valence electrons. The van der Waals surface area contributed by atoms with Crippen LogP contribution in [0.5, 0.6) is 5.75 Å². The molecule has 5 heteroatoms. The SMILES string of the molecule is CCN1C(=O)CCCC(N)C1c1cc(Br)ccc1OC. The Kier molecular flexibility index (Phi) is 5.05. The molecule has 2 N–H and O–H groups in total. The summed E-state index contributed by atoms with van der Waals surface area (Å²) in [6.07, 6.45) is 2.28. The van der Waals surface area contributed by atoms with Gasteiger partial charge in [-0.3, -0.25) is 4.79 Å². The number of nitrogens with zero attached hydrogens (tertiary/aromatic N) is 1. The minimum Gasteiger partial charge on any atom is -0.496 e. The first-order chi connectivity index (χ1) is 9.58. The summed E-state index contributed by atoms with van der Waals surface area (Å²) in [5.41, 5.74) is 7.33. The number of carbonyl (C=O) groups excluding carboxylic acids is 1. The Hall–Kier alpha value is -1.07. The standard InChI is InChI=1S/C15H21BrN2O2/c1-3-18-14(19)6-4-5-12(17)15(18)11-9-10(16)7-8-13(11)20-2/h7-9,12,15H,3-6,17H2,1-2H3. The van der Waals surface area contributed by atoms with E-state index in [4.69, 9.17) is 10.5 Å². The van der Waals surface area contributed by atoms with Crippen molar-refractivity contribution < 1.29 is 9.53 Å². The van der Waals surface area contributed by atoms with Crippen LogP contribution in [0, 0.1) is 0 Å². The van der Waals surface area contributed by atoms with Gasteiger partial charge in [-0.05, 0) is 38.0 Å². The fourth-order valence-electron chi connectivity index (χ4n) is 2.88. The van der Waals surface area contributed by atoms with Gasteiger partial charge in [0, 0.05) is 29.0 Å². The molecule has 0 radical (unpaired) electrons. The summed E-state index contributed by atoms with van der Waals surface area (Å²) < 4.78 is 6.42. The van der Waals surface area contributed by atoms with E-state index in [9.17, 15) is 4.79 Å². The first kappa shape index (κ1) is 15.3. The molecule has 0 aliphatic carbocycles. The quantitative estimate of drug-likeness (QED) is 0.920. The van der Waals surface area contributed by atoms with E-state index in [-0.39, 0.29) is 18.0 Å². The van der Waals surface area contributed by atoms with Crippen molar-refractivity contribution in [2.45, 2.75) is 38.3 Å². The number of methoxy groups -OCH3 is 1. The van der Waals surface area contributed by atoms with E-state index >= 15 is 0 Å². The molecule has 1 heterocycles. The van der Waals surface area contributed by atoms with Crippen LogP contribution >= 0.6 is 15.9 Å². The molecule has 0 spiro atoms. The number of likely N-dealkylation sites (tertiary alicyclic amines) is 1. The number of nitrogens with two attached hydrogens (primary N) is 1. The summed E-state index contributed by atoms with van der Waals surface area (Å²) in [7, 11) is 1.65. The molecule has 2 unspecified atom stereocenters. The van der Waals surface area contributed by atoms with Crippen LogP contribution in [0.4, 0.5) is 0 Å². The molecule has 1 aliphatic rings. The molecule has 20 heavy (non-hydrogen) atoms. The Bertz CT molecular complexity index is 493. The van der Waals surface area contributed by atoms with E-state index in [1.807, 2.05) is 30.0 Å². The lowest BCUT2D eigenvalue weighted by atomic mass is 9.95. The van der Waals surface area contributed by atoms with Crippen LogP contribution in [-0.4, -0.2) is 30.5 Å². The number of hydrogen-bond acceptors (Lipinski definition) is 3. The van der Waals surface area contributed by atoms with Crippen molar-refractivity contribution in [2.75, 3.05) is 13.7 Å². The molecule has 0 saturated carbocycles. The lowest BCUT2D eigenvalue weighted by Gasteiger charge is -2.34. The maximum atomic E-state index is 12.3. The van der Waals surface area contributed by atoms with Crippen molar-refractivity contribution >= 4 is 21.8 Å². The Morgan fingerprint density at radius 1 is 1.50 bits per heavy atom. The molecule has 2 atom stereocenters. The minimum atomic E-state index is -0.123. The highest BCUT2D eigenvalue weighted by Crippen LogP contribution is 2.36. The van der Waals surface area contributed by atoms with Gasteiger partial charge in [0.15, 0.2) is 0 Å². The van der Waals surface area contributed by atoms with Crippen molar-refractivity contribution in [1.29, 1.82) is 0 Å². The van der Waals surface area contributed by atoms with E-state index in [1.165, 1.54) is 0 Å².